The number of halogens is 1. The van der Waals surface area contributed by atoms with Gasteiger partial charge >= 0.3 is 0 Å². The second-order valence-corrected chi connectivity index (χ2v) is 3.94. The van der Waals surface area contributed by atoms with Gasteiger partial charge in [-0.05, 0) is 44.0 Å². The largest absolute Gasteiger partial charge is 0.465 e. The van der Waals surface area contributed by atoms with Crippen molar-refractivity contribution in [3.05, 3.63) is 27.7 Å². The van der Waals surface area contributed by atoms with Crippen LogP contribution in [0.5, 0.6) is 5.75 Å². The highest BCUT2D eigenvalue weighted by Gasteiger charge is 2.05. The van der Waals surface area contributed by atoms with E-state index in [2.05, 4.69) is 15.9 Å². The molecule has 0 radical (unpaired) electrons. The van der Waals surface area contributed by atoms with Crippen molar-refractivity contribution in [2.75, 3.05) is 0 Å². The molecule has 0 saturated carbocycles. The van der Waals surface area contributed by atoms with Gasteiger partial charge in [0.15, 0.2) is 6.29 Å². The predicted molar refractivity (Wildman–Crippen MR) is 55.9 cm³/mol. The summed E-state index contributed by atoms with van der Waals surface area (Å²) in [5.41, 5.74) is 2.11. The molecule has 0 aromatic heterocycles. The molecule has 1 aromatic rings. The van der Waals surface area contributed by atoms with Crippen LogP contribution >= 0.6 is 15.9 Å². The van der Waals surface area contributed by atoms with E-state index in [0.29, 0.717) is 0 Å². The summed E-state index contributed by atoms with van der Waals surface area (Å²) in [6, 6.07) is 3.89. The number of hydrogen-bond acceptors (Lipinski definition) is 2. The van der Waals surface area contributed by atoms with Crippen molar-refractivity contribution in [2.45, 2.75) is 27.1 Å². The van der Waals surface area contributed by atoms with Gasteiger partial charge in [-0.1, -0.05) is 15.9 Å². The van der Waals surface area contributed by atoms with Crippen LogP contribution in [0.4, 0.5) is 0 Å². The number of aliphatic hydroxyl groups is 1. The zero-order valence-corrected chi connectivity index (χ0v) is 9.55. The number of rotatable bonds is 2. The van der Waals surface area contributed by atoms with Gasteiger partial charge in [-0.25, -0.2) is 0 Å². The quantitative estimate of drug-likeness (QED) is 0.812. The van der Waals surface area contributed by atoms with Crippen molar-refractivity contribution >= 4 is 15.9 Å². The Kier molecular flexibility index (Phi) is 3.33. The minimum atomic E-state index is -0.765. The molecule has 1 unspecified atom stereocenters. The highest BCUT2D eigenvalue weighted by atomic mass is 79.9. The molecule has 0 fully saturated rings. The van der Waals surface area contributed by atoms with Crippen LogP contribution in [0.1, 0.15) is 18.1 Å². The fourth-order valence-corrected chi connectivity index (χ4v) is 1.52. The SMILES string of the molecule is Cc1cc(OC(C)O)c(C)cc1Br. The Balaban J connectivity index is 3.01. The summed E-state index contributed by atoms with van der Waals surface area (Å²) in [7, 11) is 0. The lowest BCUT2D eigenvalue weighted by Gasteiger charge is -2.12. The highest BCUT2D eigenvalue weighted by Crippen LogP contribution is 2.26. The van der Waals surface area contributed by atoms with Gasteiger partial charge < -0.3 is 9.84 Å². The molecule has 0 aliphatic heterocycles. The van der Waals surface area contributed by atoms with Gasteiger partial charge in [0.25, 0.3) is 0 Å². The van der Waals surface area contributed by atoms with Gasteiger partial charge in [-0.2, -0.15) is 0 Å². The third kappa shape index (κ3) is 2.71. The van der Waals surface area contributed by atoms with Crippen molar-refractivity contribution in [3.8, 4) is 5.75 Å². The van der Waals surface area contributed by atoms with E-state index < -0.39 is 6.29 Å². The molecule has 1 rings (SSSR count). The Morgan fingerprint density at radius 2 is 1.92 bits per heavy atom. The molecule has 1 aromatic carbocycles. The maximum atomic E-state index is 9.06. The molecule has 0 aliphatic rings. The molecule has 13 heavy (non-hydrogen) atoms. The summed E-state index contributed by atoms with van der Waals surface area (Å²) in [5.74, 6) is 0.732. The van der Waals surface area contributed by atoms with E-state index in [0.717, 1.165) is 21.3 Å². The normalized spacial score (nSPS) is 12.7. The van der Waals surface area contributed by atoms with Crippen molar-refractivity contribution in [2.24, 2.45) is 0 Å². The van der Waals surface area contributed by atoms with Gasteiger partial charge in [0, 0.05) is 4.47 Å². The third-order valence-corrected chi connectivity index (χ3v) is 2.61. The fourth-order valence-electron chi connectivity index (χ4n) is 1.07. The molecule has 1 atom stereocenters. The lowest BCUT2D eigenvalue weighted by molar-refractivity contribution is -0.000843. The molecular weight excluding hydrogens is 232 g/mol. The molecule has 72 valence electrons. The van der Waals surface area contributed by atoms with Crippen LogP contribution in [0.15, 0.2) is 16.6 Å². The topological polar surface area (TPSA) is 29.5 Å². The van der Waals surface area contributed by atoms with Crippen molar-refractivity contribution in [3.63, 3.8) is 0 Å². The summed E-state index contributed by atoms with van der Waals surface area (Å²) < 4.78 is 6.27. The van der Waals surface area contributed by atoms with Crippen LogP contribution in [0, 0.1) is 13.8 Å². The van der Waals surface area contributed by atoms with Crippen LogP contribution in [0.2, 0.25) is 0 Å². The fraction of sp³-hybridized carbons (Fsp3) is 0.400. The average Bonchev–Trinajstić information content (AvgIpc) is 1.99. The number of ether oxygens (including phenoxy) is 1. The molecule has 0 saturated heterocycles. The molecule has 3 heteroatoms. The molecule has 1 N–H and O–H groups in total. The number of hydrogen-bond donors (Lipinski definition) is 1. The maximum Gasteiger partial charge on any atom is 0.194 e. The Bertz CT molecular complexity index is 308. The number of aryl methyl sites for hydroxylation is 2. The second kappa shape index (κ2) is 4.11. The minimum absolute atomic E-state index is 0.732. The summed E-state index contributed by atoms with van der Waals surface area (Å²) in [4.78, 5) is 0. The zero-order chi connectivity index (χ0) is 10.0. The molecule has 0 amide bonds. The number of aliphatic hydroxyl groups excluding tert-OH is 1. The van der Waals surface area contributed by atoms with Gasteiger partial charge in [0.2, 0.25) is 0 Å². The van der Waals surface area contributed by atoms with E-state index in [9.17, 15) is 0 Å². The van der Waals surface area contributed by atoms with Crippen LogP contribution in [0.25, 0.3) is 0 Å². The highest BCUT2D eigenvalue weighted by molar-refractivity contribution is 9.10. The first-order valence-corrected chi connectivity index (χ1v) is 4.91. The molecule has 2 nitrogen and oxygen atoms in total. The van der Waals surface area contributed by atoms with Crippen molar-refractivity contribution in [1.29, 1.82) is 0 Å². The van der Waals surface area contributed by atoms with Crippen LogP contribution < -0.4 is 4.74 Å². The van der Waals surface area contributed by atoms with E-state index in [4.69, 9.17) is 9.84 Å². The molecular formula is C10H13BrO2. The Labute approximate surface area is 86.7 Å². The van der Waals surface area contributed by atoms with Gasteiger partial charge in [-0.15, -0.1) is 0 Å². The minimum Gasteiger partial charge on any atom is -0.465 e. The van der Waals surface area contributed by atoms with Gasteiger partial charge in [0.1, 0.15) is 5.75 Å². The molecule has 0 heterocycles. The first-order chi connectivity index (χ1) is 6.00. The Morgan fingerprint density at radius 1 is 1.31 bits per heavy atom. The molecule has 0 bridgehead atoms. The smallest absolute Gasteiger partial charge is 0.194 e. The number of benzene rings is 1. The molecule has 0 spiro atoms. The molecule has 0 aliphatic carbocycles. The van der Waals surface area contributed by atoms with E-state index >= 15 is 0 Å². The van der Waals surface area contributed by atoms with E-state index in [1.165, 1.54) is 0 Å². The van der Waals surface area contributed by atoms with Gasteiger partial charge in [-0.3, -0.25) is 0 Å². The van der Waals surface area contributed by atoms with E-state index in [1.807, 2.05) is 26.0 Å². The Hall–Kier alpha value is -0.540. The average molecular weight is 245 g/mol. The first-order valence-electron chi connectivity index (χ1n) is 4.12. The van der Waals surface area contributed by atoms with Crippen LogP contribution in [-0.2, 0) is 0 Å². The first kappa shape index (κ1) is 10.5. The zero-order valence-electron chi connectivity index (χ0n) is 7.97. The summed E-state index contributed by atoms with van der Waals surface area (Å²) in [5, 5.41) is 9.06. The summed E-state index contributed by atoms with van der Waals surface area (Å²) in [6.07, 6.45) is -0.765. The van der Waals surface area contributed by atoms with Gasteiger partial charge in [0.05, 0.1) is 0 Å². The Morgan fingerprint density at radius 3 is 2.46 bits per heavy atom. The third-order valence-electron chi connectivity index (χ3n) is 1.75. The predicted octanol–water partition coefficient (Wildman–Crippen LogP) is 2.78. The lowest BCUT2D eigenvalue weighted by atomic mass is 10.1. The standard InChI is InChI=1S/C10H13BrO2/c1-6-5-10(13-8(3)12)7(2)4-9(6)11/h4-5,8,12H,1-3H3. The van der Waals surface area contributed by atoms with Crippen molar-refractivity contribution in [1.82, 2.24) is 0 Å². The monoisotopic (exact) mass is 244 g/mol. The summed E-state index contributed by atoms with van der Waals surface area (Å²) >= 11 is 3.43. The van der Waals surface area contributed by atoms with E-state index in [1.54, 1.807) is 6.92 Å². The maximum absolute atomic E-state index is 9.06. The van der Waals surface area contributed by atoms with Crippen molar-refractivity contribution < 1.29 is 9.84 Å². The van der Waals surface area contributed by atoms with E-state index in [-0.39, 0.29) is 0 Å². The lowest BCUT2D eigenvalue weighted by Crippen LogP contribution is -2.10. The van der Waals surface area contributed by atoms with Crippen LogP contribution in [0.3, 0.4) is 0 Å². The van der Waals surface area contributed by atoms with Crippen LogP contribution in [-0.4, -0.2) is 11.4 Å². The summed E-state index contributed by atoms with van der Waals surface area (Å²) in [6.45, 7) is 5.52. The second-order valence-electron chi connectivity index (χ2n) is 3.08.